The van der Waals surface area contributed by atoms with Crippen LogP contribution >= 0.6 is 34.2 Å². The van der Waals surface area contributed by atoms with Crippen LogP contribution in [-0.4, -0.2) is 15.0 Å². The van der Waals surface area contributed by atoms with Crippen LogP contribution in [0.5, 0.6) is 0 Å². The van der Waals surface area contributed by atoms with Gasteiger partial charge in [-0.2, -0.15) is 0 Å². The zero-order valence-electron chi connectivity index (χ0n) is 6.01. The normalized spacial score (nSPS) is 10.8. The van der Waals surface area contributed by atoms with Gasteiger partial charge in [-0.1, -0.05) is 34.2 Å². The lowest BCUT2D eigenvalue weighted by Crippen LogP contribution is -1.91. The summed E-state index contributed by atoms with van der Waals surface area (Å²) in [7, 11) is 0. The van der Waals surface area contributed by atoms with Crippen LogP contribution in [0.4, 0.5) is 0 Å². The summed E-state index contributed by atoms with van der Waals surface area (Å²) in [6.45, 7) is 0. The van der Waals surface area contributed by atoms with Crippen LogP contribution in [0.1, 0.15) is 5.82 Å². The molecule has 0 aliphatic heterocycles. The Bertz CT molecular complexity index is 412. The highest BCUT2D eigenvalue weighted by atomic mass is 127. The van der Waals surface area contributed by atoms with Gasteiger partial charge in [-0.3, -0.25) is 0 Å². The molecular formula is C7H5ClIN3. The second-order valence-electron chi connectivity index (χ2n) is 2.30. The highest BCUT2D eigenvalue weighted by Crippen LogP contribution is 2.19. The van der Waals surface area contributed by atoms with E-state index in [-0.39, 0.29) is 0 Å². The van der Waals surface area contributed by atoms with Gasteiger partial charge in [0.05, 0.1) is 9.81 Å². The highest BCUT2D eigenvalue weighted by molar-refractivity contribution is 14.1. The van der Waals surface area contributed by atoms with Gasteiger partial charge in [0.2, 0.25) is 0 Å². The summed E-state index contributed by atoms with van der Waals surface area (Å²) in [4.78, 5) is 11.4. The van der Waals surface area contributed by atoms with E-state index >= 15 is 0 Å². The Morgan fingerprint density at radius 3 is 3.08 bits per heavy atom. The van der Waals surface area contributed by atoms with E-state index in [4.69, 9.17) is 11.6 Å². The van der Waals surface area contributed by atoms with Crippen LogP contribution in [0.3, 0.4) is 0 Å². The van der Waals surface area contributed by atoms with E-state index in [1.165, 1.54) is 0 Å². The van der Waals surface area contributed by atoms with E-state index in [2.05, 4.69) is 37.5 Å². The Kier molecular flexibility index (Phi) is 2.18. The number of H-pyrrole nitrogens is 1. The van der Waals surface area contributed by atoms with E-state index < -0.39 is 0 Å². The molecule has 2 heterocycles. The Balaban J connectivity index is 2.75. The van der Waals surface area contributed by atoms with E-state index in [1.54, 1.807) is 0 Å². The Labute approximate surface area is 87.7 Å². The SMILES string of the molecule is Clc1nc(CI)nc2[nH]ccc12. The van der Waals surface area contributed by atoms with Gasteiger partial charge in [0.1, 0.15) is 16.6 Å². The number of aromatic nitrogens is 3. The van der Waals surface area contributed by atoms with Crippen molar-refractivity contribution < 1.29 is 0 Å². The third kappa shape index (κ3) is 1.29. The molecule has 0 radical (unpaired) electrons. The molecule has 0 aliphatic carbocycles. The maximum Gasteiger partial charge on any atom is 0.142 e. The van der Waals surface area contributed by atoms with E-state index in [9.17, 15) is 0 Å². The highest BCUT2D eigenvalue weighted by Gasteiger charge is 2.04. The molecule has 2 aromatic rings. The smallest absolute Gasteiger partial charge is 0.142 e. The number of nitrogens with zero attached hydrogens (tertiary/aromatic N) is 2. The number of hydrogen-bond acceptors (Lipinski definition) is 2. The predicted molar refractivity (Wildman–Crippen MR) is 56.6 cm³/mol. The molecule has 3 nitrogen and oxygen atoms in total. The fraction of sp³-hybridized carbons (Fsp3) is 0.143. The number of alkyl halides is 1. The Hall–Kier alpha value is -0.360. The average molecular weight is 293 g/mol. The molecule has 2 aromatic heterocycles. The maximum absolute atomic E-state index is 5.91. The van der Waals surface area contributed by atoms with Crippen molar-refractivity contribution >= 4 is 45.2 Å². The van der Waals surface area contributed by atoms with Crippen LogP contribution in [0.15, 0.2) is 12.3 Å². The van der Waals surface area contributed by atoms with Crippen LogP contribution < -0.4 is 0 Å². The van der Waals surface area contributed by atoms with E-state index in [0.29, 0.717) is 5.15 Å². The van der Waals surface area contributed by atoms with Gasteiger partial charge < -0.3 is 4.98 Å². The van der Waals surface area contributed by atoms with Crippen molar-refractivity contribution in [1.82, 2.24) is 15.0 Å². The van der Waals surface area contributed by atoms with Crippen molar-refractivity contribution in [2.45, 2.75) is 4.43 Å². The molecule has 1 N–H and O–H groups in total. The van der Waals surface area contributed by atoms with E-state index in [0.717, 1.165) is 21.3 Å². The summed E-state index contributed by atoms with van der Waals surface area (Å²) >= 11 is 8.11. The van der Waals surface area contributed by atoms with Crippen LogP contribution in [-0.2, 0) is 4.43 Å². The van der Waals surface area contributed by atoms with Gasteiger partial charge in [0.15, 0.2) is 0 Å². The molecule has 62 valence electrons. The predicted octanol–water partition coefficient (Wildman–Crippen LogP) is 2.55. The van der Waals surface area contributed by atoms with Crippen LogP contribution in [0.2, 0.25) is 5.15 Å². The van der Waals surface area contributed by atoms with E-state index in [1.807, 2.05) is 12.3 Å². The average Bonchev–Trinajstić information content (AvgIpc) is 2.52. The zero-order valence-corrected chi connectivity index (χ0v) is 8.93. The van der Waals surface area contributed by atoms with Crippen molar-refractivity contribution in [2.24, 2.45) is 0 Å². The summed E-state index contributed by atoms with van der Waals surface area (Å²) in [6, 6.07) is 1.87. The first kappa shape index (κ1) is 8.25. The Morgan fingerprint density at radius 2 is 2.33 bits per heavy atom. The number of aromatic amines is 1. The minimum absolute atomic E-state index is 0.521. The zero-order chi connectivity index (χ0) is 8.55. The van der Waals surface area contributed by atoms with Gasteiger partial charge in [-0.25, -0.2) is 9.97 Å². The summed E-state index contributed by atoms with van der Waals surface area (Å²) in [6.07, 6.45) is 1.81. The van der Waals surface area contributed by atoms with Gasteiger partial charge in [-0.15, -0.1) is 0 Å². The molecule has 0 amide bonds. The summed E-state index contributed by atoms with van der Waals surface area (Å²) in [5.74, 6) is 0.760. The van der Waals surface area contributed by atoms with Gasteiger partial charge >= 0.3 is 0 Å². The molecular weight excluding hydrogens is 288 g/mol. The minimum atomic E-state index is 0.521. The van der Waals surface area contributed by atoms with Crippen LogP contribution in [0, 0.1) is 0 Å². The molecule has 2 rings (SSSR count). The number of hydrogen-bond donors (Lipinski definition) is 1. The first-order valence-electron chi connectivity index (χ1n) is 3.36. The molecule has 0 saturated carbocycles. The second kappa shape index (κ2) is 3.18. The van der Waals surface area contributed by atoms with Crippen molar-refractivity contribution in [3.63, 3.8) is 0 Å². The largest absolute Gasteiger partial charge is 0.346 e. The second-order valence-corrected chi connectivity index (χ2v) is 3.43. The summed E-state index contributed by atoms with van der Waals surface area (Å²) < 4.78 is 0.770. The molecule has 0 atom stereocenters. The third-order valence-electron chi connectivity index (χ3n) is 1.54. The maximum atomic E-state index is 5.91. The van der Waals surface area contributed by atoms with Crippen molar-refractivity contribution in [1.29, 1.82) is 0 Å². The molecule has 0 saturated heterocycles. The molecule has 0 aromatic carbocycles. The molecule has 0 bridgehead atoms. The quantitative estimate of drug-likeness (QED) is 0.499. The van der Waals surface area contributed by atoms with Crippen molar-refractivity contribution in [2.75, 3.05) is 0 Å². The van der Waals surface area contributed by atoms with Gasteiger partial charge in [-0.05, 0) is 6.07 Å². The van der Waals surface area contributed by atoms with Gasteiger partial charge in [0, 0.05) is 6.20 Å². The van der Waals surface area contributed by atoms with Crippen molar-refractivity contribution in [3.05, 3.63) is 23.2 Å². The molecule has 0 aliphatic rings. The number of halogens is 2. The fourth-order valence-corrected chi connectivity index (χ4v) is 1.60. The number of rotatable bonds is 1. The first-order chi connectivity index (χ1) is 5.81. The first-order valence-corrected chi connectivity index (χ1v) is 5.27. The molecule has 5 heteroatoms. The lowest BCUT2D eigenvalue weighted by molar-refractivity contribution is 1.07. The molecule has 12 heavy (non-hydrogen) atoms. The lowest BCUT2D eigenvalue weighted by Gasteiger charge is -1.96. The molecule has 0 spiro atoms. The Morgan fingerprint density at radius 1 is 1.50 bits per heavy atom. The lowest BCUT2D eigenvalue weighted by atomic mass is 10.4. The van der Waals surface area contributed by atoms with Gasteiger partial charge in [0.25, 0.3) is 0 Å². The monoisotopic (exact) mass is 293 g/mol. The summed E-state index contributed by atoms with van der Waals surface area (Å²) in [5.41, 5.74) is 0.807. The summed E-state index contributed by atoms with van der Waals surface area (Å²) in [5, 5.41) is 1.40. The topological polar surface area (TPSA) is 41.6 Å². The van der Waals surface area contributed by atoms with Crippen LogP contribution in [0.25, 0.3) is 11.0 Å². The standard InChI is InChI=1S/C7H5ClIN3/c8-6-4-1-2-10-7(4)12-5(3-9)11-6/h1-2H,3H2,(H,10,11,12). The molecule has 0 unspecified atom stereocenters. The third-order valence-corrected chi connectivity index (χ3v) is 2.51. The fourth-order valence-electron chi connectivity index (χ4n) is 1.01. The number of fused-ring (bicyclic) bond motifs is 1. The van der Waals surface area contributed by atoms with Crippen molar-refractivity contribution in [3.8, 4) is 0 Å². The minimum Gasteiger partial charge on any atom is -0.346 e. The number of nitrogens with one attached hydrogen (secondary N) is 1. The molecule has 0 fully saturated rings.